The maximum Gasteiger partial charge on any atom is 0.345 e. The average Bonchev–Trinajstić information content (AvgIpc) is 2.36. The number of carbonyl (C=O) groups is 1. The molecular weight excluding hydrogens is 262 g/mol. The van der Waals surface area contributed by atoms with Crippen molar-refractivity contribution in [3.63, 3.8) is 0 Å². The van der Waals surface area contributed by atoms with Gasteiger partial charge >= 0.3 is 11.7 Å². The summed E-state index contributed by atoms with van der Waals surface area (Å²) in [5, 5.41) is 19.7. The topological polar surface area (TPSA) is 93.2 Å². The van der Waals surface area contributed by atoms with E-state index in [0.29, 0.717) is 0 Å². The molecule has 1 aromatic carbocycles. The molecule has 0 aromatic heterocycles. The van der Waals surface area contributed by atoms with E-state index in [9.17, 15) is 23.7 Å². The molecule has 1 rings (SSSR count). The number of nitro groups is 1. The van der Waals surface area contributed by atoms with E-state index in [1.165, 1.54) is 13.0 Å². The summed E-state index contributed by atoms with van der Waals surface area (Å²) in [6.45, 7) is 1.46. The van der Waals surface area contributed by atoms with E-state index in [1.807, 2.05) is 0 Å². The Kier molecular flexibility index (Phi) is 4.47. The van der Waals surface area contributed by atoms with Gasteiger partial charge in [-0.3, -0.25) is 10.1 Å². The second-order valence-corrected chi connectivity index (χ2v) is 3.32. The van der Waals surface area contributed by atoms with Crippen LogP contribution in [0.3, 0.4) is 0 Å². The van der Waals surface area contributed by atoms with E-state index in [0.717, 1.165) is 12.1 Å². The number of ether oxygens (including phenoxy) is 1. The summed E-state index contributed by atoms with van der Waals surface area (Å²) in [7, 11) is 0. The zero-order chi connectivity index (χ0) is 14.6. The van der Waals surface area contributed by atoms with Gasteiger partial charge in [0.1, 0.15) is 17.2 Å². The number of nitro benzene ring substituents is 1. The zero-order valence-corrected chi connectivity index (χ0v) is 9.72. The van der Waals surface area contributed by atoms with Crippen LogP contribution >= 0.6 is 0 Å². The number of nitriles is 1. The summed E-state index contributed by atoms with van der Waals surface area (Å²) in [5.41, 5.74) is -3.10. The van der Waals surface area contributed by atoms with Crippen LogP contribution in [0.2, 0.25) is 0 Å². The highest BCUT2D eigenvalue weighted by Crippen LogP contribution is 2.32. The van der Waals surface area contributed by atoms with E-state index in [1.54, 1.807) is 0 Å². The Morgan fingerprint density at radius 3 is 2.63 bits per heavy atom. The molecule has 0 amide bonds. The first-order chi connectivity index (χ1) is 8.93. The largest absolute Gasteiger partial charge is 0.462 e. The number of halogens is 2. The summed E-state index contributed by atoms with van der Waals surface area (Å²) in [6, 6.07) is 3.00. The number of hydrogen-bond acceptors (Lipinski definition) is 5. The van der Waals surface area contributed by atoms with Crippen molar-refractivity contribution in [3.8, 4) is 6.07 Å². The predicted octanol–water partition coefficient (Wildman–Crippen LogP) is 2.58. The lowest BCUT2D eigenvalue weighted by molar-refractivity contribution is -0.385. The molecule has 0 saturated carbocycles. The van der Waals surface area contributed by atoms with Gasteiger partial charge in [0.15, 0.2) is 0 Å². The highest BCUT2D eigenvalue weighted by atomic mass is 19.3. The van der Waals surface area contributed by atoms with Crippen LogP contribution in [-0.4, -0.2) is 17.5 Å². The molecule has 0 fully saturated rings. The molecule has 0 bridgehead atoms. The molecule has 0 saturated heterocycles. The van der Waals surface area contributed by atoms with Gasteiger partial charge in [0.25, 0.3) is 6.43 Å². The van der Waals surface area contributed by atoms with Gasteiger partial charge in [-0.05, 0) is 13.0 Å². The minimum atomic E-state index is -3.05. The SMILES string of the molecule is CCOC(=O)c1ccc(C(F)F)c(C#N)c1[N+](=O)[O-]. The molecule has 0 radical (unpaired) electrons. The number of alkyl halides is 2. The number of benzene rings is 1. The fourth-order valence-electron chi connectivity index (χ4n) is 1.47. The van der Waals surface area contributed by atoms with Crippen molar-refractivity contribution < 1.29 is 23.2 Å². The number of carbonyl (C=O) groups excluding carboxylic acids is 1. The van der Waals surface area contributed by atoms with Gasteiger partial charge in [-0.1, -0.05) is 6.07 Å². The van der Waals surface area contributed by atoms with Crippen LogP contribution in [0.15, 0.2) is 12.1 Å². The highest BCUT2D eigenvalue weighted by Gasteiger charge is 2.30. The van der Waals surface area contributed by atoms with Gasteiger partial charge in [-0.25, -0.2) is 13.6 Å². The quantitative estimate of drug-likeness (QED) is 0.476. The first-order valence-electron chi connectivity index (χ1n) is 5.10. The Balaban J connectivity index is 3.56. The van der Waals surface area contributed by atoms with E-state index < -0.39 is 39.7 Å². The molecule has 0 N–H and O–H groups in total. The second-order valence-electron chi connectivity index (χ2n) is 3.32. The Labute approximate surface area is 106 Å². The normalized spacial score (nSPS) is 10.1. The first-order valence-corrected chi connectivity index (χ1v) is 5.10. The Bertz CT molecular complexity index is 567. The highest BCUT2D eigenvalue weighted by molar-refractivity contribution is 5.95. The summed E-state index contributed by atoms with van der Waals surface area (Å²) < 4.78 is 29.9. The van der Waals surface area contributed by atoms with Gasteiger partial charge in [0, 0.05) is 5.56 Å². The van der Waals surface area contributed by atoms with Gasteiger partial charge in [0.2, 0.25) is 0 Å². The summed E-state index contributed by atoms with van der Waals surface area (Å²) in [6.07, 6.45) is -3.05. The van der Waals surface area contributed by atoms with Crippen molar-refractivity contribution in [1.82, 2.24) is 0 Å². The molecular formula is C11H8F2N2O4. The lowest BCUT2D eigenvalue weighted by atomic mass is 10.0. The van der Waals surface area contributed by atoms with Crippen molar-refractivity contribution in [1.29, 1.82) is 5.26 Å². The van der Waals surface area contributed by atoms with Gasteiger partial charge in [-0.2, -0.15) is 5.26 Å². The maximum absolute atomic E-state index is 12.6. The van der Waals surface area contributed by atoms with E-state index in [-0.39, 0.29) is 6.61 Å². The van der Waals surface area contributed by atoms with Crippen molar-refractivity contribution in [3.05, 3.63) is 38.9 Å². The molecule has 0 atom stereocenters. The second kappa shape index (κ2) is 5.86. The number of nitrogens with zero attached hydrogens (tertiary/aromatic N) is 2. The van der Waals surface area contributed by atoms with Gasteiger partial charge < -0.3 is 4.74 Å². The molecule has 1 aromatic rings. The van der Waals surface area contributed by atoms with Crippen LogP contribution < -0.4 is 0 Å². The zero-order valence-electron chi connectivity index (χ0n) is 9.72. The van der Waals surface area contributed by atoms with E-state index >= 15 is 0 Å². The number of esters is 1. The number of rotatable bonds is 4. The Morgan fingerprint density at radius 1 is 1.58 bits per heavy atom. The summed E-state index contributed by atoms with van der Waals surface area (Å²) in [5.74, 6) is -1.04. The smallest absolute Gasteiger partial charge is 0.345 e. The summed E-state index contributed by atoms with van der Waals surface area (Å²) >= 11 is 0. The van der Waals surface area contributed by atoms with Crippen LogP contribution in [0.1, 0.15) is 34.8 Å². The van der Waals surface area contributed by atoms with Crippen molar-refractivity contribution in [2.45, 2.75) is 13.3 Å². The average molecular weight is 270 g/mol. The molecule has 0 aliphatic heterocycles. The molecule has 0 spiro atoms. The maximum atomic E-state index is 12.6. The predicted molar refractivity (Wildman–Crippen MR) is 58.7 cm³/mol. The van der Waals surface area contributed by atoms with Crippen molar-refractivity contribution >= 4 is 11.7 Å². The molecule has 8 heteroatoms. The van der Waals surface area contributed by atoms with Crippen molar-refractivity contribution in [2.24, 2.45) is 0 Å². The van der Waals surface area contributed by atoms with Crippen LogP contribution in [-0.2, 0) is 4.74 Å². The fourth-order valence-corrected chi connectivity index (χ4v) is 1.47. The Hall–Kier alpha value is -2.56. The van der Waals surface area contributed by atoms with Gasteiger partial charge in [-0.15, -0.1) is 0 Å². The van der Waals surface area contributed by atoms with Gasteiger partial charge in [0.05, 0.1) is 11.5 Å². The minimum Gasteiger partial charge on any atom is -0.462 e. The lowest BCUT2D eigenvalue weighted by Crippen LogP contribution is -2.10. The standard InChI is InChI=1S/C11H8F2N2O4/c1-2-19-11(16)7-4-3-6(10(12)13)8(5-14)9(7)15(17)18/h3-4,10H,2H2,1H3. The molecule has 0 unspecified atom stereocenters. The monoisotopic (exact) mass is 270 g/mol. The molecule has 100 valence electrons. The number of hydrogen-bond donors (Lipinski definition) is 0. The van der Waals surface area contributed by atoms with Crippen LogP contribution in [0.4, 0.5) is 14.5 Å². The van der Waals surface area contributed by atoms with Crippen LogP contribution in [0, 0.1) is 21.4 Å². The third-order valence-electron chi connectivity index (χ3n) is 2.23. The minimum absolute atomic E-state index is 0.0333. The molecule has 0 heterocycles. The third-order valence-corrected chi connectivity index (χ3v) is 2.23. The first kappa shape index (κ1) is 14.5. The molecule has 19 heavy (non-hydrogen) atoms. The van der Waals surface area contributed by atoms with Crippen LogP contribution in [0.5, 0.6) is 0 Å². The fraction of sp³-hybridized carbons (Fsp3) is 0.273. The summed E-state index contributed by atoms with van der Waals surface area (Å²) in [4.78, 5) is 21.3. The molecule has 6 nitrogen and oxygen atoms in total. The van der Waals surface area contributed by atoms with E-state index in [4.69, 9.17) is 5.26 Å². The molecule has 0 aliphatic rings. The third kappa shape index (κ3) is 2.82. The van der Waals surface area contributed by atoms with Crippen LogP contribution in [0.25, 0.3) is 0 Å². The van der Waals surface area contributed by atoms with Crippen molar-refractivity contribution in [2.75, 3.05) is 6.61 Å². The van der Waals surface area contributed by atoms with E-state index in [2.05, 4.69) is 4.74 Å². The Morgan fingerprint density at radius 2 is 2.21 bits per heavy atom. The lowest BCUT2D eigenvalue weighted by Gasteiger charge is -2.07. The molecule has 0 aliphatic carbocycles.